The molecular formula is C10H15FN2O4S. The first-order valence-corrected chi connectivity index (χ1v) is 6.54. The molecular weight excluding hydrogens is 263 g/mol. The number of benzene rings is 1. The second-order valence-electron chi connectivity index (χ2n) is 4.17. The van der Waals surface area contributed by atoms with E-state index in [4.69, 9.17) is 10.8 Å². The van der Waals surface area contributed by atoms with Crippen molar-refractivity contribution in [2.75, 3.05) is 18.9 Å². The van der Waals surface area contributed by atoms with Crippen LogP contribution in [0.2, 0.25) is 0 Å². The highest BCUT2D eigenvalue weighted by molar-refractivity contribution is 7.89. The van der Waals surface area contributed by atoms with E-state index in [0.29, 0.717) is 0 Å². The van der Waals surface area contributed by atoms with E-state index in [1.165, 1.54) is 13.0 Å². The second kappa shape index (κ2) is 5.19. The Morgan fingerprint density at radius 1 is 1.50 bits per heavy atom. The lowest BCUT2D eigenvalue weighted by Crippen LogP contribution is -2.43. The lowest BCUT2D eigenvalue weighted by atomic mass is 10.1. The fourth-order valence-electron chi connectivity index (χ4n) is 1.12. The highest BCUT2D eigenvalue weighted by Crippen LogP contribution is 2.17. The molecule has 0 bridgehead atoms. The van der Waals surface area contributed by atoms with E-state index in [-0.39, 0.29) is 5.69 Å². The summed E-state index contributed by atoms with van der Waals surface area (Å²) >= 11 is 0. The molecule has 5 N–H and O–H groups in total. The number of anilines is 1. The van der Waals surface area contributed by atoms with Crippen LogP contribution in [-0.4, -0.2) is 37.4 Å². The van der Waals surface area contributed by atoms with Crippen molar-refractivity contribution in [2.45, 2.75) is 17.4 Å². The van der Waals surface area contributed by atoms with Crippen LogP contribution in [0, 0.1) is 5.82 Å². The molecule has 0 aliphatic rings. The van der Waals surface area contributed by atoms with Crippen LogP contribution in [-0.2, 0) is 10.0 Å². The van der Waals surface area contributed by atoms with Gasteiger partial charge in [-0.15, -0.1) is 0 Å². The molecule has 1 unspecified atom stereocenters. The van der Waals surface area contributed by atoms with Crippen LogP contribution in [0.25, 0.3) is 0 Å². The molecule has 1 atom stereocenters. The average molecular weight is 278 g/mol. The van der Waals surface area contributed by atoms with Gasteiger partial charge in [-0.1, -0.05) is 0 Å². The minimum absolute atomic E-state index is 0.105. The number of nitrogen functional groups attached to an aromatic ring is 1. The lowest BCUT2D eigenvalue weighted by Gasteiger charge is -2.20. The van der Waals surface area contributed by atoms with Crippen LogP contribution in [0.15, 0.2) is 23.1 Å². The van der Waals surface area contributed by atoms with Crippen LogP contribution in [0.3, 0.4) is 0 Å². The molecule has 0 heterocycles. The quantitative estimate of drug-likeness (QED) is 0.539. The molecule has 0 aliphatic heterocycles. The van der Waals surface area contributed by atoms with E-state index < -0.39 is 39.5 Å². The predicted octanol–water partition coefficient (Wildman–Crippen LogP) is -0.571. The van der Waals surface area contributed by atoms with E-state index in [0.717, 1.165) is 12.1 Å². The van der Waals surface area contributed by atoms with Gasteiger partial charge in [-0.05, 0) is 25.1 Å². The molecule has 1 aromatic carbocycles. The smallest absolute Gasteiger partial charge is 0.243 e. The van der Waals surface area contributed by atoms with Gasteiger partial charge in [-0.3, -0.25) is 0 Å². The Bertz CT molecular complexity index is 531. The maximum absolute atomic E-state index is 13.4. The van der Waals surface area contributed by atoms with Gasteiger partial charge in [-0.2, -0.15) is 0 Å². The topological polar surface area (TPSA) is 113 Å². The Morgan fingerprint density at radius 2 is 2.11 bits per heavy atom. The van der Waals surface area contributed by atoms with Crippen molar-refractivity contribution in [1.29, 1.82) is 0 Å². The van der Waals surface area contributed by atoms with Gasteiger partial charge < -0.3 is 15.9 Å². The lowest BCUT2D eigenvalue weighted by molar-refractivity contribution is 0.00680. The number of aliphatic hydroxyl groups is 2. The monoisotopic (exact) mass is 278 g/mol. The summed E-state index contributed by atoms with van der Waals surface area (Å²) in [5.41, 5.74) is 3.80. The Labute approximate surface area is 104 Å². The first-order chi connectivity index (χ1) is 8.18. The number of hydrogen-bond acceptors (Lipinski definition) is 5. The molecule has 0 aromatic heterocycles. The van der Waals surface area contributed by atoms with Crippen molar-refractivity contribution < 1.29 is 23.0 Å². The first-order valence-electron chi connectivity index (χ1n) is 5.06. The van der Waals surface area contributed by atoms with Gasteiger partial charge in [0.25, 0.3) is 0 Å². The molecule has 0 spiro atoms. The second-order valence-corrected chi connectivity index (χ2v) is 5.90. The molecule has 0 saturated heterocycles. The number of halogens is 1. The molecule has 6 nitrogen and oxygen atoms in total. The highest BCUT2D eigenvalue weighted by atomic mass is 32.2. The fourth-order valence-corrected chi connectivity index (χ4v) is 2.34. The fraction of sp³-hybridized carbons (Fsp3) is 0.400. The minimum atomic E-state index is -4.10. The number of rotatable bonds is 5. The van der Waals surface area contributed by atoms with Gasteiger partial charge in [0.1, 0.15) is 10.7 Å². The molecule has 102 valence electrons. The number of nitrogens with one attached hydrogen (secondary N) is 1. The van der Waals surface area contributed by atoms with E-state index in [2.05, 4.69) is 0 Å². The van der Waals surface area contributed by atoms with E-state index in [9.17, 15) is 17.9 Å². The van der Waals surface area contributed by atoms with Crippen LogP contribution in [0.5, 0.6) is 0 Å². The maximum Gasteiger partial charge on any atom is 0.243 e. The normalized spacial score (nSPS) is 15.3. The van der Waals surface area contributed by atoms with Gasteiger partial charge in [0.05, 0.1) is 12.2 Å². The van der Waals surface area contributed by atoms with Crippen LogP contribution >= 0.6 is 0 Å². The molecule has 0 radical (unpaired) electrons. The SMILES string of the molecule is CC(O)(CO)CNS(=O)(=O)c1ccc(N)cc1F. The Morgan fingerprint density at radius 3 is 2.61 bits per heavy atom. The third kappa shape index (κ3) is 3.64. The van der Waals surface area contributed by atoms with Crippen molar-refractivity contribution in [2.24, 2.45) is 0 Å². The van der Waals surface area contributed by atoms with Crippen molar-refractivity contribution in [3.05, 3.63) is 24.0 Å². The van der Waals surface area contributed by atoms with Gasteiger partial charge in [0.2, 0.25) is 10.0 Å². The zero-order valence-corrected chi connectivity index (χ0v) is 10.5. The Hall–Kier alpha value is -1.22. The number of hydrogen-bond donors (Lipinski definition) is 4. The molecule has 0 saturated carbocycles. The Balaban J connectivity index is 2.94. The Kier molecular flexibility index (Phi) is 4.28. The van der Waals surface area contributed by atoms with Crippen molar-refractivity contribution in [1.82, 2.24) is 4.72 Å². The maximum atomic E-state index is 13.4. The summed E-state index contributed by atoms with van der Waals surface area (Å²) in [6, 6.07) is 3.17. The molecule has 18 heavy (non-hydrogen) atoms. The van der Waals surface area contributed by atoms with Crippen LogP contribution < -0.4 is 10.5 Å². The largest absolute Gasteiger partial charge is 0.399 e. The van der Waals surface area contributed by atoms with Crippen molar-refractivity contribution in [3.63, 3.8) is 0 Å². The van der Waals surface area contributed by atoms with Crippen LogP contribution in [0.1, 0.15) is 6.92 Å². The van der Waals surface area contributed by atoms with Crippen molar-refractivity contribution >= 4 is 15.7 Å². The molecule has 0 aliphatic carbocycles. The third-order valence-corrected chi connectivity index (χ3v) is 3.66. The minimum Gasteiger partial charge on any atom is -0.399 e. The zero-order chi connectivity index (χ0) is 14.0. The predicted molar refractivity (Wildman–Crippen MR) is 63.7 cm³/mol. The molecule has 0 fully saturated rings. The van der Waals surface area contributed by atoms with Gasteiger partial charge >= 0.3 is 0 Å². The first kappa shape index (κ1) is 14.8. The molecule has 0 amide bonds. The summed E-state index contributed by atoms with van der Waals surface area (Å²) in [5.74, 6) is -0.980. The summed E-state index contributed by atoms with van der Waals surface area (Å²) in [6.45, 7) is 0.185. The van der Waals surface area contributed by atoms with E-state index >= 15 is 0 Å². The standard InChI is InChI=1S/C10H15FN2O4S/c1-10(15,6-14)5-13-18(16,17)9-3-2-7(12)4-8(9)11/h2-4,13-15H,5-6,12H2,1H3. The van der Waals surface area contributed by atoms with Crippen LogP contribution in [0.4, 0.5) is 10.1 Å². The van der Waals surface area contributed by atoms with Crippen molar-refractivity contribution in [3.8, 4) is 0 Å². The summed E-state index contributed by atoms with van der Waals surface area (Å²) in [6.07, 6.45) is 0. The highest BCUT2D eigenvalue weighted by Gasteiger charge is 2.25. The van der Waals surface area contributed by atoms with E-state index in [1.807, 2.05) is 4.72 Å². The zero-order valence-electron chi connectivity index (χ0n) is 9.72. The summed E-state index contributed by atoms with van der Waals surface area (Å²) in [7, 11) is -4.10. The molecule has 8 heteroatoms. The van der Waals surface area contributed by atoms with E-state index in [1.54, 1.807) is 0 Å². The summed E-state index contributed by atoms with van der Waals surface area (Å²) in [4.78, 5) is -0.564. The van der Waals surface area contributed by atoms with Gasteiger partial charge in [-0.25, -0.2) is 17.5 Å². The summed E-state index contributed by atoms with van der Waals surface area (Å²) in [5, 5.41) is 18.2. The average Bonchev–Trinajstić information content (AvgIpc) is 2.26. The third-order valence-electron chi connectivity index (χ3n) is 2.23. The summed E-state index contributed by atoms with van der Waals surface area (Å²) < 4.78 is 38.9. The van der Waals surface area contributed by atoms with Gasteiger partial charge in [0, 0.05) is 12.2 Å². The number of sulfonamides is 1. The van der Waals surface area contributed by atoms with Gasteiger partial charge in [0.15, 0.2) is 0 Å². The molecule has 1 aromatic rings. The number of nitrogens with two attached hydrogens (primary N) is 1. The number of aliphatic hydroxyl groups excluding tert-OH is 1. The molecule has 1 rings (SSSR count).